The van der Waals surface area contributed by atoms with E-state index in [-0.39, 0.29) is 5.97 Å². The van der Waals surface area contributed by atoms with E-state index in [9.17, 15) is 4.79 Å². The van der Waals surface area contributed by atoms with Gasteiger partial charge in [0, 0.05) is 16.6 Å². The molecule has 1 aromatic carbocycles. The van der Waals surface area contributed by atoms with E-state index in [1.54, 1.807) is 0 Å². The number of esters is 1. The molecule has 4 nitrogen and oxygen atoms in total. The zero-order chi connectivity index (χ0) is 14.8. The van der Waals surface area contributed by atoms with Gasteiger partial charge in [-0.05, 0) is 45.5 Å². The number of hydrogen-bond donors (Lipinski definition) is 2. The van der Waals surface area contributed by atoms with E-state index in [2.05, 4.69) is 16.4 Å². The van der Waals surface area contributed by atoms with Crippen molar-refractivity contribution in [1.29, 1.82) is 0 Å². The van der Waals surface area contributed by atoms with Crippen LogP contribution >= 0.6 is 0 Å². The van der Waals surface area contributed by atoms with Crippen LogP contribution in [0.5, 0.6) is 0 Å². The minimum Gasteiger partial charge on any atom is -0.468 e. The summed E-state index contributed by atoms with van der Waals surface area (Å²) in [5.74, 6) is -0.227. The predicted molar refractivity (Wildman–Crippen MR) is 81.0 cm³/mol. The van der Waals surface area contributed by atoms with Gasteiger partial charge in [0.05, 0.1) is 7.11 Å². The summed E-state index contributed by atoms with van der Waals surface area (Å²) in [6.45, 7) is 4.66. The lowest BCUT2D eigenvalue weighted by molar-refractivity contribution is -0.146. The van der Waals surface area contributed by atoms with Gasteiger partial charge in [0.15, 0.2) is 0 Å². The number of benzene rings is 1. The Balaban J connectivity index is 2.59. The molecule has 20 heavy (non-hydrogen) atoms. The summed E-state index contributed by atoms with van der Waals surface area (Å²) in [4.78, 5) is 15.5. The molecule has 2 aromatic rings. The molecule has 2 rings (SSSR count). The third-order valence-electron chi connectivity index (χ3n) is 3.76. The van der Waals surface area contributed by atoms with Crippen molar-refractivity contribution >= 4 is 16.9 Å². The first-order valence-electron chi connectivity index (χ1n) is 6.85. The molecule has 0 aliphatic carbocycles. The lowest BCUT2D eigenvalue weighted by Crippen LogP contribution is -2.32. The average Bonchev–Trinajstić information content (AvgIpc) is 2.83. The van der Waals surface area contributed by atoms with E-state index in [1.807, 2.05) is 39.1 Å². The number of para-hydroxylation sites is 1. The Morgan fingerprint density at radius 3 is 2.70 bits per heavy atom. The lowest BCUT2D eigenvalue weighted by Gasteiger charge is -2.22. The van der Waals surface area contributed by atoms with Crippen LogP contribution in [0.2, 0.25) is 0 Å². The van der Waals surface area contributed by atoms with Crippen LogP contribution in [0, 0.1) is 0 Å². The van der Waals surface area contributed by atoms with Gasteiger partial charge in [0.25, 0.3) is 0 Å². The molecule has 0 aliphatic rings. The smallest absolute Gasteiger partial charge is 0.317 e. The number of carbonyl (C=O) groups is 1. The summed E-state index contributed by atoms with van der Waals surface area (Å²) in [7, 11) is 3.36. The van der Waals surface area contributed by atoms with Gasteiger partial charge in [0.2, 0.25) is 0 Å². The Labute approximate surface area is 119 Å². The maximum atomic E-state index is 12.1. The number of rotatable bonds is 5. The van der Waals surface area contributed by atoms with Crippen molar-refractivity contribution < 1.29 is 9.53 Å². The molecule has 0 bridgehead atoms. The first kappa shape index (κ1) is 14.6. The van der Waals surface area contributed by atoms with Crippen molar-refractivity contribution in [2.45, 2.75) is 25.7 Å². The molecule has 0 saturated carbocycles. The molecule has 1 aromatic heterocycles. The number of likely N-dealkylation sites (N-methyl/N-ethyl adjacent to an activating group) is 1. The maximum absolute atomic E-state index is 12.1. The van der Waals surface area contributed by atoms with Crippen molar-refractivity contribution in [3.63, 3.8) is 0 Å². The van der Waals surface area contributed by atoms with Crippen LogP contribution < -0.4 is 5.32 Å². The van der Waals surface area contributed by atoms with Crippen molar-refractivity contribution in [3.8, 4) is 0 Å². The van der Waals surface area contributed by atoms with Gasteiger partial charge >= 0.3 is 5.97 Å². The topological polar surface area (TPSA) is 54.1 Å². The van der Waals surface area contributed by atoms with Crippen molar-refractivity contribution in [2.75, 3.05) is 20.7 Å². The van der Waals surface area contributed by atoms with Crippen LogP contribution in [-0.2, 0) is 21.4 Å². The molecule has 0 saturated heterocycles. The molecule has 0 fully saturated rings. The molecule has 1 heterocycles. The van der Waals surface area contributed by atoms with E-state index in [0.717, 1.165) is 24.2 Å². The Hall–Kier alpha value is -1.81. The fourth-order valence-electron chi connectivity index (χ4n) is 2.60. The van der Waals surface area contributed by atoms with Gasteiger partial charge < -0.3 is 15.0 Å². The van der Waals surface area contributed by atoms with E-state index in [0.29, 0.717) is 0 Å². The molecule has 108 valence electrons. The van der Waals surface area contributed by atoms with Crippen LogP contribution in [-0.4, -0.2) is 31.7 Å². The minimum atomic E-state index is -0.684. The quantitative estimate of drug-likeness (QED) is 0.823. The zero-order valence-corrected chi connectivity index (χ0v) is 12.5. The van der Waals surface area contributed by atoms with Crippen LogP contribution in [0.25, 0.3) is 10.9 Å². The first-order chi connectivity index (χ1) is 9.52. The highest BCUT2D eigenvalue weighted by atomic mass is 16.5. The zero-order valence-electron chi connectivity index (χ0n) is 12.5. The third-order valence-corrected chi connectivity index (χ3v) is 3.76. The van der Waals surface area contributed by atoms with Gasteiger partial charge in [-0.2, -0.15) is 0 Å². The molecule has 4 heteroatoms. The van der Waals surface area contributed by atoms with E-state index < -0.39 is 5.41 Å². The molecule has 0 amide bonds. The average molecular weight is 274 g/mol. The van der Waals surface area contributed by atoms with Crippen molar-refractivity contribution in [1.82, 2.24) is 10.3 Å². The number of ether oxygens (including phenoxy) is 1. The summed E-state index contributed by atoms with van der Waals surface area (Å²) in [6.07, 6.45) is 0.871. The number of methoxy groups -OCH3 is 1. The minimum absolute atomic E-state index is 0.227. The second-order valence-electron chi connectivity index (χ2n) is 5.49. The van der Waals surface area contributed by atoms with Gasteiger partial charge in [-0.1, -0.05) is 18.2 Å². The fraction of sp³-hybridized carbons (Fsp3) is 0.438. The standard InChI is InChI=1S/C16H22N2O2/c1-16(2,15(19)20-4)14-12(9-10-17-3)11-7-5-6-8-13(11)18-14/h5-8,17-18H,9-10H2,1-4H3. The molecule has 0 aliphatic heterocycles. The highest BCUT2D eigenvalue weighted by Gasteiger charge is 2.35. The number of H-pyrrole nitrogens is 1. The Morgan fingerprint density at radius 1 is 1.35 bits per heavy atom. The summed E-state index contributed by atoms with van der Waals surface area (Å²) < 4.78 is 4.95. The van der Waals surface area contributed by atoms with Crippen LogP contribution in [0.1, 0.15) is 25.1 Å². The summed E-state index contributed by atoms with van der Waals surface area (Å²) in [5.41, 5.74) is 2.51. The SMILES string of the molecule is CNCCc1c(C(C)(C)C(=O)OC)[nH]c2ccccc12. The van der Waals surface area contributed by atoms with E-state index >= 15 is 0 Å². The summed E-state index contributed by atoms with van der Waals surface area (Å²) >= 11 is 0. The normalized spacial score (nSPS) is 11.8. The highest BCUT2D eigenvalue weighted by molar-refractivity contribution is 5.89. The summed E-state index contributed by atoms with van der Waals surface area (Å²) in [6, 6.07) is 8.15. The number of hydrogen-bond acceptors (Lipinski definition) is 3. The number of fused-ring (bicyclic) bond motifs is 1. The third kappa shape index (κ3) is 2.43. The van der Waals surface area contributed by atoms with E-state index in [1.165, 1.54) is 18.1 Å². The number of carbonyl (C=O) groups excluding carboxylic acids is 1. The molecule has 0 unspecified atom stereocenters. The second-order valence-corrected chi connectivity index (χ2v) is 5.49. The molecule has 2 N–H and O–H groups in total. The molecule has 0 radical (unpaired) electrons. The number of nitrogens with one attached hydrogen (secondary N) is 2. The predicted octanol–water partition coefficient (Wildman–Crippen LogP) is 2.38. The van der Waals surface area contributed by atoms with Crippen LogP contribution in [0.3, 0.4) is 0 Å². The monoisotopic (exact) mass is 274 g/mol. The van der Waals surface area contributed by atoms with Crippen molar-refractivity contribution in [3.05, 3.63) is 35.5 Å². The van der Waals surface area contributed by atoms with Crippen molar-refractivity contribution in [2.24, 2.45) is 0 Å². The number of aromatic amines is 1. The van der Waals surface area contributed by atoms with Crippen LogP contribution in [0.4, 0.5) is 0 Å². The largest absolute Gasteiger partial charge is 0.468 e. The van der Waals surface area contributed by atoms with Gasteiger partial charge in [0.1, 0.15) is 5.41 Å². The van der Waals surface area contributed by atoms with Crippen LogP contribution in [0.15, 0.2) is 24.3 Å². The molecular weight excluding hydrogens is 252 g/mol. The fourth-order valence-corrected chi connectivity index (χ4v) is 2.60. The van der Waals surface area contributed by atoms with E-state index in [4.69, 9.17) is 4.74 Å². The van der Waals surface area contributed by atoms with Gasteiger partial charge in [-0.25, -0.2) is 0 Å². The lowest BCUT2D eigenvalue weighted by atomic mass is 9.85. The molecule has 0 atom stereocenters. The first-order valence-corrected chi connectivity index (χ1v) is 6.85. The summed E-state index contributed by atoms with van der Waals surface area (Å²) in [5, 5.41) is 4.34. The Morgan fingerprint density at radius 2 is 2.05 bits per heavy atom. The maximum Gasteiger partial charge on any atom is 0.317 e. The Kier molecular flexibility index (Phi) is 4.14. The molecule has 0 spiro atoms. The highest BCUT2D eigenvalue weighted by Crippen LogP contribution is 2.32. The van der Waals surface area contributed by atoms with Gasteiger partial charge in [-0.15, -0.1) is 0 Å². The van der Waals surface area contributed by atoms with Gasteiger partial charge in [-0.3, -0.25) is 4.79 Å². The second kappa shape index (κ2) is 5.67. The Bertz CT molecular complexity index is 614. The number of aromatic nitrogens is 1. The molecular formula is C16H22N2O2.